The van der Waals surface area contributed by atoms with Crippen LogP contribution in [0, 0.1) is 0 Å². The molecule has 0 bridgehead atoms. The van der Waals surface area contributed by atoms with Gasteiger partial charge in [-0.15, -0.1) is 0 Å². The number of rotatable bonds is 36. The third kappa shape index (κ3) is 22.9. The van der Waals surface area contributed by atoms with Gasteiger partial charge < -0.3 is 83.0 Å². The Bertz CT molecular complexity index is 5480. The van der Waals surface area contributed by atoms with E-state index in [-0.39, 0.29) is 62.1 Å². The fraction of sp³-hybridized carbons (Fsp3) is 0.375. The highest BCUT2D eigenvalue weighted by molar-refractivity contribution is 8.04. The number of carbonyl (C=O) groups excluding carboxylic acids is 4. The number of nitrogens with one attached hydrogen (secondary N) is 6. The molecule has 37 heteroatoms. The van der Waals surface area contributed by atoms with E-state index in [0.29, 0.717) is 39.3 Å². The first-order valence-corrected chi connectivity index (χ1v) is 42.6. The van der Waals surface area contributed by atoms with Gasteiger partial charge in [0.05, 0.1) is 81.0 Å². The molecule has 2 fully saturated rings. The molecule has 4 aromatic heterocycles. The quantitative estimate of drug-likeness (QED) is 0.0175. The second-order valence-corrected chi connectivity index (χ2v) is 33.7. The topological polar surface area (TPSA) is 392 Å². The maximum Gasteiger partial charge on any atom is 0.330 e. The first-order valence-electron chi connectivity index (χ1n) is 38.1. The summed E-state index contributed by atoms with van der Waals surface area (Å²) in [5.74, 6) is -1.52. The Kier molecular flexibility index (Phi) is 29.0. The molecule has 12 rings (SSSR count). The number of thioether (sulfide) groups is 2. The molecule has 4 amide bonds. The zero-order chi connectivity index (χ0) is 83.2. The third-order valence-corrected chi connectivity index (χ3v) is 23.9. The number of phosphoric acid groups is 2. The van der Waals surface area contributed by atoms with E-state index >= 15 is 0 Å². The summed E-state index contributed by atoms with van der Waals surface area (Å²) in [6.07, 6.45) is 4.36. The third-order valence-electron chi connectivity index (χ3n) is 19.5. The number of amides is 4. The van der Waals surface area contributed by atoms with Crippen molar-refractivity contribution >= 4 is 120 Å². The van der Waals surface area contributed by atoms with E-state index in [9.17, 15) is 57.3 Å². The number of carbonyl (C=O) groups is 4. The summed E-state index contributed by atoms with van der Waals surface area (Å²) < 4.78 is 72.5. The van der Waals surface area contributed by atoms with Gasteiger partial charge in [-0.3, -0.25) is 57.0 Å². The molecule has 2 saturated heterocycles. The Morgan fingerprint density at radius 2 is 0.974 bits per heavy atom. The molecule has 4 aliphatic heterocycles. The lowest BCUT2D eigenvalue weighted by molar-refractivity contribution is -0.645. The molecule has 8 atom stereocenters. The molecule has 0 aliphatic carbocycles. The Labute approximate surface area is 682 Å². The van der Waals surface area contributed by atoms with Gasteiger partial charge in [0.15, 0.2) is 12.4 Å². The number of aryl methyl sites for hydroxylation is 2. The second kappa shape index (κ2) is 39.2. The number of phosphoric ester groups is 2. The summed E-state index contributed by atoms with van der Waals surface area (Å²) in [6, 6.07) is 36.3. The van der Waals surface area contributed by atoms with Crippen LogP contribution in [0.5, 0.6) is 0 Å². The van der Waals surface area contributed by atoms with Gasteiger partial charge in [-0.1, -0.05) is 72.1 Å². The van der Waals surface area contributed by atoms with Crippen molar-refractivity contribution in [2.75, 3.05) is 103 Å². The molecule has 0 spiro atoms. The molecular formula is C80H94N14O19P2S2. The molecule has 117 heavy (non-hydrogen) atoms. The predicted molar refractivity (Wildman–Crippen MR) is 439 cm³/mol. The monoisotopic (exact) mass is 1680 g/mol. The number of fused-ring (bicyclic) bond motifs is 4. The molecule has 4 aliphatic rings. The van der Waals surface area contributed by atoms with Gasteiger partial charge in [0.25, 0.3) is 26.8 Å². The summed E-state index contributed by atoms with van der Waals surface area (Å²) in [6.45, 7) is 7.91. The van der Waals surface area contributed by atoms with Crippen molar-refractivity contribution in [1.29, 1.82) is 0 Å². The number of aromatic nitrogens is 6. The Morgan fingerprint density at radius 1 is 0.564 bits per heavy atom. The maximum atomic E-state index is 13.9. The average molecular weight is 1680 g/mol. The van der Waals surface area contributed by atoms with Crippen molar-refractivity contribution in [2.45, 2.75) is 99.4 Å². The zero-order valence-corrected chi connectivity index (χ0v) is 69.2. The fourth-order valence-electron chi connectivity index (χ4n) is 13.6. The number of para-hydroxylation sites is 4. The number of hydrogen-bond acceptors (Lipinski definition) is 25. The SMILES string of the molecule is CC(C)OCC1OC(n2cc(/C=C/C(=O)NCCN(C)CCNC(=O)CN3/C(=C/c4cc[n+](C)c5ccccc45)Sc4ccccc43)c(=O)[nH]c2=O)CC1OP(=O)([O-])OCC1OC(n2cc(/C=C/C(=O)NCCN(C)CCNC(=O)CN3/C(=C/c4cc[n+](C)c5ccccc45)Sc4ccccc43)c(=O)[nH]c2=O)CC1OP(=O)([O-])OC(C)C. The normalized spacial score (nSPS) is 19.8. The van der Waals surface area contributed by atoms with Crippen LogP contribution in [0.15, 0.2) is 185 Å². The van der Waals surface area contributed by atoms with Crippen molar-refractivity contribution in [1.82, 2.24) is 50.2 Å². The highest BCUT2D eigenvalue weighted by Gasteiger charge is 2.44. The van der Waals surface area contributed by atoms with Crippen LogP contribution in [-0.4, -0.2) is 182 Å². The van der Waals surface area contributed by atoms with Crippen LogP contribution >= 0.6 is 39.2 Å². The molecule has 0 radical (unpaired) electrons. The van der Waals surface area contributed by atoms with Crippen molar-refractivity contribution in [3.63, 3.8) is 0 Å². The number of nitrogens with zero attached hydrogens (tertiary/aromatic N) is 8. The van der Waals surface area contributed by atoms with Crippen LogP contribution < -0.4 is 72.5 Å². The molecule has 4 aromatic carbocycles. The number of hydrogen-bond donors (Lipinski definition) is 6. The number of anilines is 2. The summed E-state index contributed by atoms with van der Waals surface area (Å²) in [4.78, 5) is 148. The fourth-order valence-corrected chi connectivity index (χ4v) is 17.8. The van der Waals surface area contributed by atoms with E-state index in [1.807, 2.05) is 133 Å². The number of pyridine rings is 2. The Morgan fingerprint density at radius 3 is 1.42 bits per heavy atom. The summed E-state index contributed by atoms with van der Waals surface area (Å²) in [7, 11) is -3.02. The predicted octanol–water partition coefficient (Wildman–Crippen LogP) is 4.77. The molecule has 8 aromatic rings. The van der Waals surface area contributed by atoms with Crippen LogP contribution in [0.1, 0.15) is 75.2 Å². The first kappa shape index (κ1) is 86.6. The van der Waals surface area contributed by atoms with E-state index in [2.05, 4.69) is 88.9 Å². The van der Waals surface area contributed by atoms with E-state index in [4.69, 9.17) is 32.3 Å². The first-order chi connectivity index (χ1) is 56.0. The van der Waals surface area contributed by atoms with E-state index in [1.54, 1.807) is 37.4 Å². The number of aromatic amines is 2. The minimum atomic E-state index is -5.50. The Balaban J connectivity index is 0.607. The van der Waals surface area contributed by atoms with Gasteiger partial charge in [-0.2, -0.15) is 0 Å². The van der Waals surface area contributed by atoms with Gasteiger partial charge >= 0.3 is 11.4 Å². The number of likely N-dealkylation sites (N-methyl/N-ethyl adjacent to an activating group) is 2. The number of benzene rings is 4. The minimum Gasteiger partial charge on any atom is -0.756 e. The smallest absolute Gasteiger partial charge is 0.330 e. The Hall–Kier alpha value is -9.78. The molecule has 33 nitrogen and oxygen atoms in total. The lowest BCUT2D eigenvalue weighted by Crippen LogP contribution is -2.40. The minimum absolute atomic E-state index is 0.0853. The lowest BCUT2D eigenvalue weighted by atomic mass is 10.1. The van der Waals surface area contributed by atoms with Crippen molar-refractivity contribution in [3.8, 4) is 0 Å². The van der Waals surface area contributed by atoms with Crippen molar-refractivity contribution < 1.29 is 79.5 Å². The molecule has 8 heterocycles. The van der Waals surface area contributed by atoms with E-state index in [1.165, 1.54) is 19.9 Å². The van der Waals surface area contributed by atoms with Gasteiger partial charge in [-0.05, 0) is 114 Å². The summed E-state index contributed by atoms with van der Waals surface area (Å²) in [5.41, 5.74) is 2.02. The highest BCUT2D eigenvalue weighted by Crippen LogP contribution is 2.51. The average Bonchev–Trinajstić information content (AvgIpc) is 1.69. The largest absolute Gasteiger partial charge is 0.756 e. The number of ether oxygens (including phenoxy) is 3. The summed E-state index contributed by atoms with van der Waals surface area (Å²) >= 11 is 3.20. The van der Waals surface area contributed by atoms with E-state index < -0.39 is 112 Å². The molecule has 6 N–H and O–H groups in total. The zero-order valence-electron chi connectivity index (χ0n) is 65.7. The van der Waals surface area contributed by atoms with Crippen LogP contribution in [0.3, 0.4) is 0 Å². The van der Waals surface area contributed by atoms with E-state index in [0.717, 1.165) is 104 Å². The summed E-state index contributed by atoms with van der Waals surface area (Å²) in [5, 5.41) is 15.5. The maximum absolute atomic E-state index is 13.9. The van der Waals surface area contributed by atoms with Crippen LogP contribution in [0.2, 0.25) is 0 Å². The van der Waals surface area contributed by atoms with Gasteiger partial charge in [0, 0.05) is 124 Å². The molecular weight excluding hydrogens is 1590 g/mol. The van der Waals surface area contributed by atoms with Gasteiger partial charge in [0.1, 0.15) is 51.8 Å². The van der Waals surface area contributed by atoms with Crippen LogP contribution in [0.25, 0.3) is 46.1 Å². The number of H-pyrrole nitrogens is 2. The van der Waals surface area contributed by atoms with Crippen LogP contribution in [-0.2, 0) is 74.7 Å². The van der Waals surface area contributed by atoms with Gasteiger partial charge in [-0.25, -0.2) is 18.7 Å². The van der Waals surface area contributed by atoms with Crippen molar-refractivity contribution in [3.05, 3.63) is 220 Å². The molecule has 8 unspecified atom stereocenters. The molecule has 0 saturated carbocycles. The highest BCUT2D eigenvalue weighted by atomic mass is 32.2. The lowest BCUT2D eigenvalue weighted by Gasteiger charge is -2.31. The second-order valence-electron chi connectivity index (χ2n) is 28.9. The molecule has 620 valence electrons. The standard InChI is InChI=1S/C80H94N14O19P2S2/c1-51(2)107-49-65-63(43-73(109-65)93-45-55(77(99)85-79(93)101)25-27-69(95)81-31-37-87(5)39-33-83-71(97)47-91-61-21-13-15-23-67(61)116-75(91)41-53-29-35-89(7)59-19-11-9-17-57(53)59)112-114(103,104)108-50-66-64(113-115(105,106)111-52(3)4)44-74(110-66)94-46-56(78(100)86-80(94)102)26-28-70(96)82-32-38-88(6)40-34-84-72(98)48-92-62-22-14-16-24-68(62)117-76(92)42-54-30-36-90(8)60-20-12-10-18-58(54)60/h9-30,35-36,41-42,45-46,51-52,63-66,73-74H,31-34,37-40,43-44,47-50H2,1-8H3,(H6-2,81,82,83,84,85,86,95,96,97,98,99,100,101,102,103,104,105,106)/b27-25+,28-26+. The van der Waals surface area contributed by atoms with Crippen LogP contribution in [0.4, 0.5) is 11.4 Å². The van der Waals surface area contributed by atoms with Crippen molar-refractivity contribution in [2.24, 2.45) is 14.1 Å². The van der Waals surface area contributed by atoms with Gasteiger partial charge in [0.2, 0.25) is 34.7 Å².